The van der Waals surface area contributed by atoms with E-state index in [1.165, 1.54) is 6.08 Å². The number of hydrogen-bond donors (Lipinski definition) is 1. The molecular weight excluding hydrogens is 459 g/mol. The van der Waals surface area contributed by atoms with Gasteiger partial charge < -0.3 is 8.92 Å². The Kier molecular flexibility index (Phi) is 6.78. The number of carbonyl (C=O) groups excluding carboxylic acids is 1. The number of halogens is 3. The van der Waals surface area contributed by atoms with Crippen molar-refractivity contribution in [2.75, 3.05) is 5.32 Å². The van der Waals surface area contributed by atoms with Gasteiger partial charge in [-0.2, -0.15) is 21.6 Å². The molecule has 1 aliphatic rings. The van der Waals surface area contributed by atoms with E-state index in [1.54, 1.807) is 75.4 Å². The fourth-order valence-corrected chi connectivity index (χ4v) is 4.10. The van der Waals surface area contributed by atoms with Gasteiger partial charge in [0.1, 0.15) is 11.4 Å². The Morgan fingerprint density at radius 2 is 1.58 bits per heavy atom. The second-order valence-corrected chi connectivity index (χ2v) is 10.1. The van der Waals surface area contributed by atoms with Crippen molar-refractivity contribution in [1.29, 1.82) is 0 Å². The van der Waals surface area contributed by atoms with Crippen LogP contribution in [0.15, 0.2) is 66.4 Å². The van der Waals surface area contributed by atoms with Crippen molar-refractivity contribution < 1.29 is 35.3 Å². The smallest absolute Gasteiger partial charge is 0.444 e. The quantitative estimate of drug-likeness (QED) is 0.413. The number of amides is 1. The second-order valence-electron chi connectivity index (χ2n) is 8.57. The predicted octanol–water partition coefficient (Wildman–Crippen LogP) is 6.05. The lowest BCUT2D eigenvalue weighted by Gasteiger charge is -2.24. The highest BCUT2D eigenvalue weighted by atomic mass is 32.2. The molecule has 1 amide bonds. The van der Waals surface area contributed by atoms with Crippen LogP contribution in [0.5, 0.6) is 0 Å². The summed E-state index contributed by atoms with van der Waals surface area (Å²) in [6.07, 6.45) is 1.03. The first-order valence-corrected chi connectivity index (χ1v) is 11.5. The number of allylic oxidation sites excluding steroid dienone is 2. The topological polar surface area (TPSA) is 81.7 Å². The van der Waals surface area contributed by atoms with Gasteiger partial charge in [-0.15, -0.1) is 0 Å². The second kappa shape index (κ2) is 9.09. The molecular formula is C23H24F3NO5S. The van der Waals surface area contributed by atoms with Gasteiger partial charge in [0.05, 0.1) is 5.92 Å². The van der Waals surface area contributed by atoms with Gasteiger partial charge in [-0.05, 0) is 56.5 Å². The molecule has 0 heterocycles. The van der Waals surface area contributed by atoms with Crippen molar-refractivity contribution in [2.24, 2.45) is 0 Å². The monoisotopic (exact) mass is 483 g/mol. The van der Waals surface area contributed by atoms with E-state index in [-0.39, 0.29) is 18.1 Å². The predicted molar refractivity (Wildman–Crippen MR) is 117 cm³/mol. The van der Waals surface area contributed by atoms with E-state index in [4.69, 9.17) is 4.74 Å². The van der Waals surface area contributed by atoms with Gasteiger partial charge in [-0.1, -0.05) is 42.5 Å². The molecule has 3 rings (SSSR count). The van der Waals surface area contributed by atoms with Gasteiger partial charge in [-0.25, -0.2) is 4.79 Å². The van der Waals surface area contributed by atoms with Crippen LogP contribution in [0.25, 0.3) is 0 Å². The normalized spacial score (nSPS) is 19.0. The van der Waals surface area contributed by atoms with Gasteiger partial charge in [0.15, 0.2) is 0 Å². The Labute approximate surface area is 190 Å². The molecule has 0 spiro atoms. The molecule has 2 unspecified atom stereocenters. The van der Waals surface area contributed by atoms with Crippen molar-refractivity contribution in [3.05, 3.63) is 77.6 Å². The molecule has 0 aromatic heterocycles. The molecule has 0 bridgehead atoms. The minimum atomic E-state index is -5.79. The van der Waals surface area contributed by atoms with Crippen LogP contribution < -0.4 is 5.32 Å². The third-order valence-electron chi connectivity index (χ3n) is 4.91. The maximum atomic E-state index is 12.9. The Morgan fingerprint density at radius 3 is 2.12 bits per heavy atom. The molecule has 178 valence electrons. The summed E-state index contributed by atoms with van der Waals surface area (Å²) in [5.74, 6) is -1.35. The number of carbonyl (C=O) groups is 1. The first-order valence-electron chi connectivity index (χ1n) is 10.1. The lowest BCUT2D eigenvalue weighted by molar-refractivity contribution is -0.0524. The van der Waals surface area contributed by atoms with Gasteiger partial charge in [0.2, 0.25) is 0 Å². The molecule has 2 aromatic carbocycles. The maximum Gasteiger partial charge on any atom is 0.534 e. The van der Waals surface area contributed by atoms with E-state index in [9.17, 15) is 26.4 Å². The average Bonchev–Trinajstić information content (AvgIpc) is 3.09. The summed E-state index contributed by atoms with van der Waals surface area (Å²) in [7, 11) is -5.79. The van der Waals surface area contributed by atoms with Crippen molar-refractivity contribution in [3.8, 4) is 0 Å². The number of rotatable bonds is 5. The van der Waals surface area contributed by atoms with Crippen LogP contribution in [0.2, 0.25) is 0 Å². The van der Waals surface area contributed by atoms with Crippen LogP contribution >= 0.6 is 0 Å². The Bertz CT molecular complexity index is 1120. The highest BCUT2D eigenvalue weighted by Gasteiger charge is 2.50. The van der Waals surface area contributed by atoms with E-state index in [2.05, 4.69) is 9.50 Å². The summed E-state index contributed by atoms with van der Waals surface area (Å²) in [6.45, 7) is 5.22. The Morgan fingerprint density at radius 1 is 0.970 bits per heavy atom. The molecule has 1 aliphatic carbocycles. The van der Waals surface area contributed by atoms with Gasteiger partial charge in [0.25, 0.3) is 0 Å². The number of ether oxygens (including phenoxy) is 1. The minimum absolute atomic E-state index is 0.264. The minimum Gasteiger partial charge on any atom is -0.444 e. The number of anilines is 1. The molecule has 0 radical (unpaired) electrons. The summed E-state index contributed by atoms with van der Waals surface area (Å²) in [4.78, 5) is 12.0. The summed E-state index contributed by atoms with van der Waals surface area (Å²) >= 11 is 0. The molecule has 2 aromatic rings. The van der Waals surface area contributed by atoms with E-state index in [0.717, 1.165) is 5.56 Å². The molecule has 2 atom stereocenters. The van der Waals surface area contributed by atoms with Crippen LogP contribution in [0.4, 0.5) is 23.7 Å². The van der Waals surface area contributed by atoms with Crippen LogP contribution in [-0.4, -0.2) is 25.6 Å². The Balaban J connectivity index is 1.84. The molecule has 0 saturated carbocycles. The van der Waals surface area contributed by atoms with E-state index in [0.29, 0.717) is 11.3 Å². The lowest BCUT2D eigenvalue weighted by atomic mass is 9.83. The zero-order valence-corrected chi connectivity index (χ0v) is 19.0. The van der Waals surface area contributed by atoms with Crippen LogP contribution in [0, 0.1) is 0 Å². The molecule has 6 nitrogen and oxygen atoms in total. The van der Waals surface area contributed by atoms with Crippen molar-refractivity contribution in [1.82, 2.24) is 0 Å². The fourth-order valence-electron chi connectivity index (χ4n) is 3.58. The van der Waals surface area contributed by atoms with Crippen molar-refractivity contribution in [3.63, 3.8) is 0 Å². The molecule has 1 N–H and O–H groups in total. The van der Waals surface area contributed by atoms with Crippen LogP contribution in [-0.2, 0) is 19.0 Å². The third-order valence-corrected chi connectivity index (χ3v) is 5.89. The molecule has 0 saturated heterocycles. The van der Waals surface area contributed by atoms with Crippen LogP contribution in [0.1, 0.15) is 50.2 Å². The summed E-state index contributed by atoms with van der Waals surface area (Å²) < 4.78 is 71.7. The SMILES string of the molecule is CC(C)(C)OC(=O)Nc1ccc(C2CC=C(OS(=O)(=O)C(F)(F)F)C2c2ccccc2)cc1. The van der Waals surface area contributed by atoms with Gasteiger partial charge in [-0.3, -0.25) is 5.32 Å². The highest BCUT2D eigenvalue weighted by Crippen LogP contribution is 2.48. The number of benzene rings is 2. The van der Waals surface area contributed by atoms with E-state index < -0.39 is 33.2 Å². The molecule has 10 heteroatoms. The molecule has 0 aliphatic heterocycles. The van der Waals surface area contributed by atoms with Crippen molar-refractivity contribution >= 4 is 21.9 Å². The maximum absolute atomic E-state index is 12.9. The molecule has 0 fully saturated rings. The Hall–Kier alpha value is -3.01. The number of hydrogen-bond acceptors (Lipinski definition) is 5. The van der Waals surface area contributed by atoms with Crippen molar-refractivity contribution in [2.45, 2.75) is 50.1 Å². The highest BCUT2D eigenvalue weighted by molar-refractivity contribution is 7.87. The van der Waals surface area contributed by atoms with Gasteiger partial charge in [0, 0.05) is 11.6 Å². The fraction of sp³-hybridized carbons (Fsp3) is 0.348. The zero-order chi connectivity index (χ0) is 24.4. The first-order chi connectivity index (χ1) is 15.3. The number of alkyl halides is 3. The number of nitrogens with one attached hydrogen (secondary N) is 1. The third kappa shape index (κ3) is 6.07. The summed E-state index contributed by atoms with van der Waals surface area (Å²) in [5, 5.41) is 2.61. The van der Waals surface area contributed by atoms with Crippen LogP contribution in [0.3, 0.4) is 0 Å². The van der Waals surface area contributed by atoms with Gasteiger partial charge >= 0.3 is 21.7 Å². The first kappa shape index (κ1) is 24.6. The standard InChI is InChI=1S/C23H24F3NO5S/c1-22(2,3)31-21(28)27-17-11-9-15(10-12-17)18-13-14-19(32-33(29,30)23(24,25)26)20(18)16-7-5-4-6-8-16/h4-12,14,18,20H,13H2,1-3H3,(H,27,28). The average molecular weight is 484 g/mol. The molecule has 33 heavy (non-hydrogen) atoms. The van der Waals surface area contributed by atoms with E-state index in [1.807, 2.05) is 0 Å². The zero-order valence-electron chi connectivity index (χ0n) is 18.2. The summed E-state index contributed by atoms with van der Waals surface area (Å²) in [5.41, 5.74) is -4.33. The van der Waals surface area contributed by atoms with E-state index >= 15 is 0 Å². The largest absolute Gasteiger partial charge is 0.534 e. The summed E-state index contributed by atoms with van der Waals surface area (Å²) in [6, 6.07) is 15.3. The lowest BCUT2D eigenvalue weighted by Crippen LogP contribution is -2.27.